The molecule has 1 saturated heterocycles. The Balaban J connectivity index is 2.40. The molecule has 0 spiro atoms. The third-order valence-corrected chi connectivity index (χ3v) is 2.89. The molecule has 0 saturated carbocycles. The largest absolute Gasteiger partial charge is 0.395 e. The molecule has 1 aliphatic rings. The summed E-state index contributed by atoms with van der Waals surface area (Å²) in [6.07, 6.45) is 4.73. The van der Waals surface area contributed by atoms with Gasteiger partial charge in [0.1, 0.15) is 0 Å². The van der Waals surface area contributed by atoms with E-state index in [4.69, 9.17) is 0 Å². The maximum Gasteiger partial charge on any atom is 0.0586 e. The van der Waals surface area contributed by atoms with Crippen LogP contribution in [0.1, 0.15) is 32.6 Å². The number of rotatable bonds is 4. The average Bonchev–Trinajstić information content (AvgIpc) is 2.18. The Morgan fingerprint density at radius 1 is 1.54 bits per heavy atom. The van der Waals surface area contributed by atoms with Crippen LogP contribution in [0.2, 0.25) is 0 Å². The van der Waals surface area contributed by atoms with Crippen molar-refractivity contribution in [3.8, 4) is 0 Å². The summed E-state index contributed by atoms with van der Waals surface area (Å²) in [6, 6.07) is 0.386. The van der Waals surface area contributed by atoms with E-state index in [2.05, 4.69) is 18.4 Å². The first kappa shape index (κ1) is 10.7. The molecular formula is C11H21NO. The van der Waals surface area contributed by atoms with Crippen molar-refractivity contribution in [2.24, 2.45) is 0 Å². The number of aliphatic hydroxyl groups excluding tert-OH is 1. The van der Waals surface area contributed by atoms with E-state index in [0.717, 1.165) is 25.9 Å². The number of piperidine rings is 1. The van der Waals surface area contributed by atoms with Crippen molar-refractivity contribution in [3.63, 3.8) is 0 Å². The van der Waals surface area contributed by atoms with Crippen molar-refractivity contribution in [1.82, 2.24) is 4.90 Å². The normalized spacial score (nSPS) is 24.6. The highest BCUT2D eigenvalue weighted by Gasteiger charge is 2.21. The van der Waals surface area contributed by atoms with E-state index in [1.165, 1.54) is 18.4 Å². The molecule has 2 nitrogen and oxygen atoms in total. The summed E-state index contributed by atoms with van der Waals surface area (Å²) in [4.78, 5) is 2.37. The van der Waals surface area contributed by atoms with Gasteiger partial charge in [-0.15, -0.1) is 0 Å². The molecule has 76 valence electrons. The SMILES string of the molecule is C=C(CC)CN1CCCCC1CO. The highest BCUT2D eigenvalue weighted by Crippen LogP contribution is 2.17. The fraction of sp³-hybridized carbons (Fsp3) is 0.818. The zero-order chi connectivity index (χ0) is 9.68. The van der Waals surface area contributed by atoms with Gasteiger partial charge in [-0.2, -0.15) is 0 Å². The van der Waals surface area contributed by atoms with Gasteiger partial charge in [-0.1, -0.05) is 25.5 Å². The lowest BCUT2D eigenvalue weighted by atomic mass is 10.0. The molecule has 0 amide bonds. The van der Waals surface area contributed by atoms with E-state index in [9.17, 15) is 5.11 Å². The fourth-order valence-corrected chi connectivity index (χ4v) is 1.87. The van der Waals surface area contributed by atoms with Crippen LogP contribution >= 0.6 is 0 Å². The van der Waals surface area contributed by atoms with Gasteiger partial charge in [0.25, 0.3) is 0 Å². The topological polar surface area (TPSA) is 23.5 Å². The minimum absolute atomic E-state index is 0.303. The van der Waals surface area contributed by atoms with Gasteiger partial charge in [-0.25, -0.2) is 0 Å². The molecule has 0 aromatic carbocycles. The molecule has 0 radical (unpaired) electrons. The van der Waals surface area contributed by atoms with Gasteiger partial charge in [0.15, 0.2) is 0 Å². The summed E-state index contributed by atoms with van der Waals surface area (Å²) in [5, 5.41) is 9.18. The molecule has 1 N–H and O–H groups in total. The second-order valence-electron chi connectivity index (χ2n) is 3.91. The second kappa shape index (κ2) is 5.40. The quantitative estimate of drug-likeness (QED) is 0.672. The summed E-state index contributed by atoms with van der Waals surface area (Å²) in [7, 11) is 0. The van der Waals surface area contributed by atoms with Crippen molar-refractivity contribution in [2.45, 2.75) is 38.6 Å². The number of hydrogen-bond donors (Lipinski definition) is 1. The molecule has 0 aromatic heterocycles. The summed E-state index contributed by atoms with van der Waals surface area (Å²) >= 11 is 0. The van der Waals surface area contributed by atoms with Crippen LogP contribution in [-0.2, 0) is 0 Å². The van der Waals surface area contributed by atoms with Gasteiger partial charge >= 0.3 is 0 Å². The number of aliphatic hydroxyl groups is 1. The number of nitrogens with zero attached hydrogens (tertiary/aromatic N) is 1. The van der Waals surface area contributed by atoms with E-state index >= 15 is 0 Å². The van der Waals surface area contributed by atoms with Gasteiger partial charge in [-0.05, 0) is 25.8 Å². The molecule has 1 heterocycles. The molecule has 0 aromatic rings. The maximum absolute atomic E-state index is 9.18. The third kappa shape index (κ3) is 3.12. The molecule has 1 atom stereocenters. The monoisotopic (exact) mass is 183 g/mol. The van der Waals surface area contributed by atoms with Crippen molar-refractivity contribution >= 4 is 0 Å². The van der Waals surface area contributed by atoms with Crippen LogP contribution in [-0.4, -0.2) is 35.7 Å². The van der Waals surface area contributed by atoms with Gasteiger partial charge in [0.2, 0.25) is 0 Å². The van der Waals surface area contributed by atoms with Crippen molar-refractivity contribution in [2.75, 3.05) is 19.7 Å². The van der Waals surface area contributed by atoms with Crippen molar-refractivity contribution in [1.29, 1.82) is 0 Å². The van der Waals surface area contributed by atoms with Gasteiger partial charge in [-0.3, -0.25) is 4.90 Å². The zero-order valence-electron chi connectivity index (χ0n) is 8.63. The lowest BCUT2D eigenvalue weighted by Crippen LogP contribution is -2.42. The Kier molecular flexibility index (Phi) is 4.46. The number of hydrogen-bond acceptors (Lipinski definition) is 2. The van der Waals surface area contributed by atoms with Gasteiger partial charge in [0, 0.05) is 12.6 Å². The number of likely N-dealkylation sites (tertiary alicyclic amines) is 1. The Labute approximate surface area is 81.2 Å². The molecule has 13 heavy (non-hydrogen) atoms. The van der Waals surface area contributed by atoms with E-state index < -0.39 is 0 Å². The van der Waals surface area contributed by atoms with E-state index in [0.29, 0.717) is 12.6 Å². The molecule has 1 rings (SSSR count). The van der Waals surface area contributed by atoms with Crippen LogP contribution in [0.15, 0.2) is 12.2 Å². The van der Waals surface area contributed by atoms with Crippen LogP contribution < -0.4 is 0 Å². The first-order chi connectivity index (χ1) is 6.27. The summed E-state index contributed by atoms with van der Waals surface area (Å²) < 4.78 is 0. The summed E-state index contributed by atoms with van der Waals surface area (Å²) in [5.41, 5.74) is 1.28. The van der Waals surface area contributed by atoms with Crippen molar-refractivity contribution in [3.05, 3.63) is 12.2 Å². The second-order valence-corrected chi connectivity index (χ2v) is 3.91. The first-order valence-electron chi connectivity index (χ1n) is 5.29. The van der Waals surface area contributed by atoms with Crippen LogP contribution in [0.4, 0.5) is 0 Å². The lowest BCUT2D eigenvalue weighted by molar-refractivity contribution is 0.0982. The highest BCUT2D eigenvalue weighted by molar-refractivity contribution is 4.97. The highest BCUT2D eigenvalue weighted by atomic mass is 16.3. The minimum atomic E-state index is 0.303. The van der Waals surface area contributed by atoms with Crippen LogP contribution in [0.5, 0.6) is 0 Å². The molecule has 1 aliphatic heterocycles. The van der Waals surface area contributed by atoms with Gasteiger partial charge in [0.05, 0.1) is 6.61 Å². The summed E-state index contributed by atoms with van der Waals surface area (Å²) in [5.74, 6) is 0. The minimum Gasteiger partial charge on any atom is -0.395 e. The van der Waals surface area contributed by atoms with E-state index in [1.807, 2.05) is 0 Å². The predicted molar refractivity (Wildman–Crippen MR) is 55.7 cm³/mol. The standard InChI is InChI=1S/C11H21NO/c1-3-10(2)8-12-7-5-4-6-11(12)9-13/h11,13H,2-9H2,1H3. The Morgan fingerprint density at radius 2 is 2.31 bits per heavy atom. The Bertz CT molecular complexity index is 167. The van der Waals surface area contributed by atoms with Crippen LogP contribution in [0, 0.1) is 0 Å². The van der Waals surface area contributed by atoms with E-state index in [-0.39, 0.29) is 0 Å². The zero-order valence-corrected chi connectivity index (χ0v) is 8.63. The average molecular weight is 183 g/mol. The maximum atomic E-state index is 9.18. The van der Waals surface area contributed by atoms with E-state index in [1.54, 1.807) is 0 Å². The van der Waals surface area contributed by atoms with Gasteiger partial charge < -0.3 is 5.11 Å². The van der Waals surface area contributed by atoms with Crippen molar-refractivity contribution < 1.29 is 5.11 Å². The molecule has 1 fully saturated rings. The Hall–Kier alpha value is -0.340. The lowest BCUT2D eigenvalue weighted by Gasteiger charge is -2.34. The Morgan fingerprint density at radius 3 is 2.92 bits per heavy atom. The predicted octanol–water partition coefficient (Wildman–Crippen LogP) is 1.80. The first-order valence-corrected chi connectivity index (χ1v) is 5.29. The molecule has 0 aliphatic carbocycles. The molecule has 0 bridgehead atoms. The van der Waals surface area contributed by atoms with Crippen LogP contribution in [0.3, 0.4) is 0 Å². The van der Waals surface area contributed by atoms with Crippen LogP contribution in [0.25, 0.3) is 0 Å². The molecular weight excluding hydrogens is 162 g/mol. The summed E-state index contributed by atoms with van der Waals surface area (Å²) in [6.45, 7) is 8.56. The third-order valence-electron chi connectivity index (χ3n) is 2.89. The molecule has 2 heteroatoms. The molecule has 1 unspecified atom stereocenters. The fourth-order valence-electron chi connectivity index (χ4n) is 1.87. The smallest absolute Gasteiger partial charge is 0.0586 e.